The first kappa shape index (κ1) is 23.2. The highest BCUT2D eigenvalue weighted by Crippen LogP contribution is 2.34. The lowest BCUT2D eigenvalue weighted by Crippen LogP contribution is -2.35. The second kappa shape index (κ2) is 9.77. The Kier molecular flexibility index (Phi) is 7.08. The van der Waals surface area contributed by atoms with Crippen molar-refractivity contribution in [2.75, 3.05) is 26.1 Å². The van der Waals surface area contributed by atoms with E-state index in [1.54, 1.807) is 56.7 Å². The van der Waals surface area contributed by atoms with Crippen LogP contribution < -0.4 is 19.5 Å². The number of imide groups is 1. The number of hydrogen-bond acceptors (Lipinski definition) is 6. The van der Waals surface area contributed by atoms with Crippen molar-refractivity contribution in [2.45, 2.75) is 33.8 Å². The molecule has 1 aliphatic rings. The van der Waals surface area contributed by atoms with Crippen molar-refractivity contribution in [2.24, 2.45) is 5.92 Å². The molecule has 7 nitrogen and oxygen atoms in total. The fourth-order valence-electron chi connectivity index (χ4n) is 3.49. The topological polar surface area (TPSA) is 77.1 Å². The average molecular weight is 439 g/mol. The van der Waals surface area contributed by atoms with E-state index < -0.39 is 0 Å². The fraction of sp³-hybridized carbons (Fsp3) is 0.360. The summed E-state index contributed by atoms with van der Waals surface area (Å²) in [5, 5.41) is 3.15. The van der Waals surface area contributed by atoms with Gasteiger partial charge in [-0.2, -0.15) is 0 Å². The van der Waals surface area contributed by atoms with Gasteiger partial charge in [0, 0.05) is 30.4 Å². The number of carbonyl (C=O) groups is 2. The standard InChI is InChI=1S/C25H30N2O5/c1-15(2)14-27-24(28)22(17-7-9-19(10-8-17)32-16(3)4)23(25(27)29)26-18-11-20(30-5)13-21(12-18)31-6/h7-13,15-16,26H,14H2,1-6H3. The third-order valence-corrected chi connectivity index (χ3v) is 4.85. The Labute approximate surface area is 189 Å². The minimum Gasteiger partial charge on any atom is -0.497 e. The molecule has 0 saturated carbocycles. The third-order valence-electron chi connectivity index (χ3n) is 4.85. The summed E-state index contributed by atoms with van der Waals surface area (Å²) in [6.45, 7) is 8.17. The van der Waals surface area contributed by atoms with Gasteiger partial charge < -0.3 is 19.5 Å². The Balaban J connectivity index is 2.05. The molecule has 0 radical (unpaired) electrons. The van der Waals surface area contributed by atoms with Gasteiger partial charge in [-0.1, -0.05) is 26.0 Å². The van der Waals surface area contributed by atoms with Crippen LogP contribution in [0.5, 0.6) is 17.2 Å². The van der Waals surface area contributed by atoms with E-state index in [-0.39, 0.29) is 29.5 Å². The molecule has 1 aliphatic heterocycles. The van der Waals surface area contributed by atoms with Crippen LogP contribution in [0.4, 0.5) is 5.69 Å². The summed E-state index contributed by atoms with van der Waals surface area (Å²) in [7, 11) is 3.11. The number of amides is 2. The molecule has 0 fully saturated rings. The first-order chi connectivity index (χ1) is 15.2. The van der Waals surface area contributed by atoms with Gasteiger partial charge in [-0.3, -0.25) is 14.5 Å². The maximum Gasteiger partial charge on any atom is 0.278 e. The van der Waals surface area contributed by atoms with Gasteiger partial charge in [-0.15, -0.1) is 0 Å². The minimum absolute atomic E-state index is 0.0385. The van der Waals surface area contributed by atoms with E-state index in [0.717, 1.165) is 0 Å². The smallest absolute Gasteiger partial charge is 0.278 e. The van der Waals surface area contributed by atoms with Gasteiger partial charge in [0.05, 0.1) is 25.9 Å². The summed E-state index contributed by atoms with van der Waals surface area (Å²) in [4.78, 5) is 27.8. The van der Waals surface area contributed by atoms with Crippen molar-refractivity contribution in [3.8, 4) is 17.2 Å². The number of ether oxygens (including phenoxy) is 3. The molecule has 0 spiro atoms. The normalized spacial score (nSPS) is 13.9. The first-order valence-electron chi connectivity index (χ1n) is 10.6. The molecule has 2 aromatic carbocycles. The Morgan fingerprint density at radius 2 is 1.44 bits per heavy atom. The summed E-state index contributed by atoms with van der Waals surface area (Å²) in [6, 6.07) is 12.4. The van der Waals surface area contributed by atoms with Crippen molar-refractivity contribution >= 4 is 23.1 Å². The number of methoxy groups -OCH3 is 2. The summed E-state index contributed by atoms with van der Waals surface area (Å²) in [5.74, 6) is 1.30. The number of nitrogens with zero attached hydrogens (tertiary/aromatic N) is 1. The van der Waals surface area contributed by atoms with E-state index in [0.29, 0.717) is 40.6 Å². The van der Waals surface area contributed by atoms with E-state index in [4.69, 9.17) is 14.2 Å². The van der Waals surface area contributed by atoms with Crippen LogP contribution in [0.25, 0.3) is 5.57 Å². The third kappa shape index (κ3) is 5.04. The number of nitrogens with one attached hydrogen (secondary N) is 1. The van der Waals surface area contributed by atoms with Crippen LogP contribution in [0, 0.1) is 5.92 Å². The minimum atomic E-state index is -0.358. The maximum absolute atomic E-state index is 13.3. The molecule has 0 aliphatic carbocycles. The van der Waals surface area contributed by atoms with Crippen LogP contribution in [-0.2, 0) is 9.59 Å². The molecule has 2 aromatic rings. The second-order valence-electron chi connectivity index (χ2n) is 8.28. The molecular weight excluding hydrogens is 408 g/mol. The predicted octanol–water partition coefficient (Wildman–Crippen LogP) is 4.34. The van der Waals surface area contributed by atoms with E-state index in [1.807, 2.05) is 27.7 Å². The molecule has 0 atom stereocenters. The van der Waals surface area contributed by atoms with Crippen LogP contribution in [0.15, 0.2) is 48.2 Å². The lowest BCUT2D eigenvalue weighted by Gasteiger charge is -2.17. The molecule has 0 bridgehead atoms. The van der Waals surface area contributed by atoms with E-state index in [1.165, 1.54) is 4.90 Å². The van der Waals surface area contributed by atoms with Crippen molar-refractivity contribution in [1.29, 1.82) is 0 Å². The number of rotatable bonds is 9. The molecule has 2 amide bonds. The summed E-state index contributed by atoms with van der Waals surface area (Å²) in [5.41, 5.74) is 1.78. The van der Waals surface area contributed by atoms with Gasteiger partial charge in [0.25, 0.3) is 11.8 Å². The summed E-state index contributed by atoms with van der Waals surface area (Å²) >= 11 is 0. The Bertz CT molecular complexity index is 1000. The monoisotopic (exact) mass is 438 g/mol. The highest BCUT2D eigenvalue weighted by molar-refractivity contribution is 6.36. The molecule has 3 rings (SSSR count). The average Bonchev–Trinajstić information content (AvgIpc) is 2.97. The van der Waals surface area contributed by atoms with Crippen LogP contribution in [0.2, 0.25) is 0 Å². The number of hydrogen-bond donors (Lipinski definition) is 1. The van der Waals surface area contributed by atoms with Crippen LogP contribution in [-0.4, -0.2) is 43.6 Å². The van der Waals surface area contributed by atoms with E-state index in [9.17, 15) is 9.59 Å². The number of carbonyl (C=O) groups excluding carboxylic acids is 2. The SMILES string of the molecule is COc1cc(NC2=C(c3ccc(OC(C)C)cc3)C(=O)N(CC(C)C)C2=O)cc(OC)c1. The zero-order valence-corrected chi connectivity index (χ0v) is 19.4. The lowest BCUT2D eigenvalue weighted by molar-refractivity contribution is -0.137. The van der Waals surface area contributed by atoms with Crippen LogP contribution >= 0.6 is 0 Å². The summed E-state index contributed by atoms with van der Waals surface area (Å²) < 4.78 is 16.4. The molecule has 1 N–H and O–H groups in total. The molecular formula is C25H30N2O5. The zero-order chi connectivity index (χ0) is 23.4. The molecule has 7 heteroatoms. The molecule has 1 heterocycles. The molecule has 0 aromatic heterocycles. The van der Waals surface area contributed by atoms with Crippen LogP contribution in [0.1, 0.15) is 33.3 Å². The van der Waals surface area contributed by atoms with Crippen molar-refractivity contribution in [1.82, 2.24) is 4.90 Å². The largest absolute Gasteiger partial charge is 0.497 e. The van der Waals surface area contributed by atoms with Gasteiger partial charge in [-0.25, -0.2) is 0 Å². The fourth-order valence-corrected chi connectivity index (χ4v) is 3.49. The van der Waals surface area contributed by atoms with E-state index >= 15 is 0 Å². The van der Waals surface area contributed by atoms with Crippen molar-refractivity contribution in [3.05, 3.63) is 53.7 Å². The van der Waals surface area contributed by atoms with Gasteiger partial charge in [0.1, 0.15) is 22.9 Å². The van der Waals surface area contributed by atoms with Gasteiger partial charge in [0.15, 0.2) is 0 Å². The zero-order valence-electron chi connectivity index (χ0n) is 19.4. The highest BCUT2D eigenvalue weighted by Gasteiger charge is 2.39. The van der Waals surface area contributed by atoms with Gasteiger partial charge in [-0.05, 0) is 37.5 Å². The quantitative estimate of drug-likeness (QED) is 0.587. The lowest BCUT2D eigenvalue weighted by atomic mass is 10.0. The molecule has 32 heavy (non-hydrogen) atoms. The Morgan fingerprint density at radius 3 is 1.94 bits per heavy atom. The van der Waals surface area contributed by atoms with Gasteiger partial charge in [0.2, 0.25) is 0 Å². The molecule has 0 unspecified atom stereocenters. The first-order valence-corrected chi connectivity index (χ1v) is 10.6. The van der Waals surface area contributed by atoms with Crippen LogP contribution in [0.3, 0.4) is 0 Å². The van der Waals surface area contributed by atoms with Gasteiger partial charge >= 0.3 is 0 Å². The Morgan fingerprint density at radius 1 is 0.844 bits per heavy atom. The Hall–Kier alpha value is -3.48. The van der Waals surface area contributed by atoms with Crippen molar-refractivity contribution in [3.63, 3.8) is 0 Å². The number of anilines is 1. The molecule has 0 saturated heterocycles. The highest BCUT2D eigenvalue weighted by atomic mass is 16.5. The second-order valence-corrected chi connectivity index (χ2v) is 8.28. The predicted molar refractivity (Wildman–Crippen MR) is 124 cm³/mol. The maximum atomic E-state index is 13.3. The summed E-state index contributed by atoms with van der Waals surface area (Å²) in [6.07, 6.45) is 0.0385. The van der Waals surface area contributed by atoms with E-state index in [2.05, 4.69) is 5.32 Å². The van der Waals surface area contributed by atoms with Crippen molar-refractivity contribution < 1.29 is 23.8 Å². The number of benzene rings is 2. The molecule has 170 valence electrons.